The first-order valence-corrected chi connectivity index (χ1v) is 10.2. The number of nitrogens with one attached hydrogen (secondary N) is 2. The van der Waals surface area contributed by atoms with Crippen molar-refractivity contribution in [3.8, 4) is 5.75 Å². The molecular weight excluding hydrogens is 408 g/mol. The number of para-hydroxylation sites is 1. The van der Waals surface area contributed by atoms with Crippen molar-refractivity contribution in [1.82, 2.24) is 10.6 Å². The van der Waals surface area contributed by atoms with Crippen LogP contribution in [0.15, 0.2) is 77.8 Å². The van der Waals surface area contributed by atoms with E-state index in [1.54, 1.807) is 42.5 Å². The first kappa shape index (κ1) is 20.6. The minimum atomic E-state index is -0.398. The summed E-state index contributed by atoms with van der Waals surface area (Å²) >= 11 is 7.52. The van der Waals surface area contributed by atoms with E-state index in [9.17, 15) is 9.59 Å². The summed E-state index contributed by atoms with van der Waals surface area (Å²) in [4.78, 5) is 26.0. The molecule has 0 aliphatic carbocycles. The molecular formula is C22H19ClN2O3S. The molecule has 0 radical (unpaired) electrons. The molecule has 0 saturated carbocycles. The van der Waals surface area contributed by atoms with Crippen molar-refractivity contribution in [3.63, 3.8) is 0 Å². The highest BCUT2D eigenvalue weighted by atomic mass is 35.5. The number of hydrogen-bond acceptors (Lipinski definition) is 4. The molecule has 7 heteroatoms. The summed E-state index contributed by atoms with van der Waals surface area (Å²) in [6.07, 6.45) is 1.65. The third kappa shape index (κ3) is 6.20. The zero-order valence-electron chi connectivity index (χ0n) is 15.4. The quantitative estimate of drug-likeness (QED) is 0.415. The second-order valence-corrected chi connectivity index (χ2v) is 7.31. The van der Waals surface area contributed by atoms with Crippen molar-refractivity contribution in [2.45, 2.75) is 0 Å². The predicted octanol–water partition coefficient (Wildman–Crippen LogP) is 4.37. The molecule has 0 atom stereocenters. The van der Waals surface area contributed by atoms with Crippen LogP contribution in [0.5, 0.6) is 5.75 Å². The highest BCUT2D eigenvalue weighted by molar-refractivity contribution is 7.10. The first-order valence-electron chi connectivity index (χ1n) is 8.90. The summed E-state index contributed by atoms with van der Waals surface area (Å²) in [5.41, 5.74) is 0.637. The van der Waals surface area contributed by atoms with Gasteiger partial charge in [-0.25, -0.2) is 0 Å². The van der Waals surface area contributed by atoms with Crippen LogP contribution in [0.4, 0.5) is 0 Å². The summed E-state index contributed by atoms with van der Waals surface area (Å²) < 4.78 is 5.57. The normalized spacial score (nSPS) is 11.0. The van der Waals surface area contributed by atoms with Gasteiger partial charge in [0.25, 0.3) is 11.8 Å². The molecule has 2 N–H and O–H groups in total. The fourth-order valence-corrected chi connectivity index (χ4v) is 3.29. The average molecular weight is 427 g/mol. The van der Waals surface area contributed by atoms with E-state index in [1.807, 2.05) is 35.7 Å². The van der Waals surface area contributed by atoms with Gasteiger partial charge in [0.15, 0.2) is 0 Å². The van der Waals surface area contributed by atoms with Crippen LogP contribution in [0.3, 0.4) is 0 Å². The third-order valence-electron chi connectivity index (χ3n) is 3.84. The Labute approximate surface area is 178 Å². The van der Waals surface area contributed by atoms with E-state index in [0.29, 0.717) is 16.3 Å². The molecule has 3 aromatic rings. The number of amides is 2. The number of halogens is 1. The van der Waals surface area contributed by atoms with Crippen LogP contribution in [-0.2, 0) is 4.79 Å². The zero-order chi connectivity index (χ0) is 20.5. The summed E-state index contributed by atoms with van der Waals surface area (Å²) in [7, 11) is 0. The summed E-state index contributed by atoms with van der Waals surface area (Å²) in [5.74, 6) is -0.198. The molecule has 0 aliphatic heterocycles. The molecule has 0 spiro atoms. The molecule has 5 nitrogen and oxygen atoms in total. The molecule has 1 heterocycles. The standard InChI is InChI=1S/C22H19ClN2O3S/c23-18-10-4-5-11-20(18)28-13-12-24-22(27)19(15-17-9-6-14-29-17)25-21(26)16-7-2-1-3-8-16/h1-11,14-15H,12-13H2,(H,24,27)(H,25,26)/b19-15-. The van der Waals surface area contributed by atoms with Gasteiger partial charge < -0.3 is 15.4 Å². The van der Waals surface area contributed by atoms with Gasteiger partial charge in [-0.1, -0.05) is 48.0 Å². The lowest BCUT2D eigenvalue weighted by Gasteiger charge is -2.12. The largest absolute Gasteiger partial charge is 0.490 e. The maximum Gasteiger partial charge on any atom is 0.267 e. The van der Waals surface area contributed by atoms with Gasteiger partial charge >= 0.3 is 0 Å². The number of ether oxygens (including phenoxy) is 1. The Morgan fingerprint density at radius 3 is 2.48 bits per heavy atom. The predicted molar refractivity (Wildman–Crippen MR) is 116 cm³/mol. The maximum atomic E-state index is 12.6. The average Bonchev–Trinajstić information content (AvgIpc) is 3.25. The Kier molecular flexibility index (Phi) is 7.44. The smallest absolute Gasteiger partial charge is 0.267 e. The Morgan fingerprint density at radius 1 is 1.00 bits per heavy atom. The zero-order valence-corrected chi connectivity index (χ0v) is 17.0. The van der Waals surface area contributed by atoms with Gasteiger partial charge in [0.05, 0.1) is 11.6 Å². The topological polar surface area (TPSA) is 67.4 Å². The number of carbonyl (C=O) groups is 2. The molecule has 2 amide bonds. The molecule has 0 fully saturated rings. The number of carbonyl (C=O) groups excluding carboxylic acids is 2. The maximum absolute atomic E-state index is 12.6. The van der Waals surface area contributed by atoms with Crippen LogP contribution in [0.2, 0.25) is 5.02 Å². The van der Waals surface area contributed by atoms with E-state index in [-0.39, 0.29) is 24.8 Å². The van der Waals surface area contributed by atoms with Gasteiger partial charge in [0.2, 0.25) is 0 Å². The molecule has 0 saturated heterocycles. The Balaban J connectivity index is 1.62. The molecule has 148 valence electrons. The monoisotopic (exact) mass is 426 g/mol. The highest BCUT2D eigenvalue weighted by Crippen LogP contribution is 2.22. The lowest BCUT2D eigenvalue weighted by molar-refractivity contribution is -0.117. The van der Waals surface area contributed by atoms with Gasteiger partial charge in [-0.15, -0.1) is 11.3 Å². The Hall–Kier alpha value is -3.09. The van der Waals surface area contributed by atoms with Crippen LogP contribution in [0, 0.1) is 0 Å². The number of benzene rings is 2. The van der Waals surface area contributed by atoms with Crippen molar-refractivity contribution >= 4 is 40.8 Å². The van der Waals surface area contributed by atoms with Crippen molar-refractivity contribution in [1.29, 1.82) is 0 Å². The van der Waals surface area contributed by atoms with Crippen molar-refractivity contribution < 1.29 is 14.3 Å². The van der Waals surface area contributed by atoms with Gasteiger partial charge in [-0.05, 0) is 41.8 Å². The van der Waals surface area contributed by atoms with Crippen molar-refractivity contribution in [3.05, 3.63) is 93.3 Å². The van der Waals surface area contributed by atoms with Crippen molar-refractivity contribution in [2.75, 3.05) is 13.2 Å². The number of hydrogen-bond donors (Lipinski definition) is 2. The molecule has 0 aliphatic rings. The highest BCUT2D eigenvalue weighted by Gasteiger charge is 2.14. The lowest BCUT2D eigenvalue weighted by atomic mass is 10.2. The number of thiophene rings is 1. The molecule has 0 unspecified atom stereocenters. The van der Waals surface area contributed by atoms with E-state index >= 15 is 0 Å². The van der Waals surface area contributed by atoms with Gasteiger partial charge in [-0.3, -0.25) is 9.59 Å². The third-order valence-corrected chi connectivity index (χ3v) is 4.97. The molecule has 29 heavy (non-hydrogen) atoms. The SMILES string of the molecule is O=C(NCCOc1ccccc1Cl)/C(=C/c1cccs1)NC(=O)c1ccccc1. The van der Waals surface area contributed by atoms with E-state index in [4.69, 9.17) is 16.3 Å². The lowest BCUT2D eigenvalue weighted by Crippen LogP contribution is -2.36. The molecule has 2 aromatic carbocycles. The fraction of sp³-hybridized carbons (Fsp3) is 0.0909. The minimum Gasteiger partial charge on any atom is -0.490 e. The van der Waals surface area contributed by atoms with Crippen LogP contribution < -0.4 is 15.4 Å². The van der Waals surface area contributed by atoms with Gasteiger partial charge in [0, 0.05) is 10.4 Å². The minimum absolute atomic E-state index is 0.166. The molecule has 0 bridgehead atoms. The summed E-state index contributed by atoms with van der Waals surface area (Å²) in [6.45, 7) is 0.501. The van der Waals surface area contributed by atoms with E-state index < -0.39 is 5.91 Å². The van der Waals surface area contributed by atoms with Crippen LogP contribution in [-0.4, -0.2) is 25.0 Å². The van der Waals surface area contributed by atoms with Crippen LogP contribution in [0.1, 0.15) is 15.2 Å². The molecule has 3 rings (SSSR count). The van der Waals surface area contributed by atoms with Crippen molar-refractivity contribution in [2.24, 2.45) is 0 Å². The fourth-order valence-electron chi connectivity index (χ4n) is 2.44. The first-order chi connectivity index (χ1) is 14.1. The van der Waals surface area contributed by atoms with Crippen LogP contribution in [0.25, 0.3) is 6.08 Å². The second-order valence-electron chi connectivity index (χ2n) is 5.93. The molecule has 1 aromatic heterocycles. The summed E-state index contributed by atoms with van der Waals surface area (Å²) in [5, 5.41) is 7.86. The van der Waals surface area contributed by atoms with Gasteiger partial charge in [0.1, 0.15) is 18.1 Å². The summed E-state index contributed by atoms with van der Waals surface area (Å²) in [6, 6.07) is 19.6. The van der Waals surface area contributed by atoms with Crippen LogP contribution >= 0.6 is 22.9 Å². The number of rotatable bonds is 8. The van der Waals surface area contributed by atoms with E-state index in [2.05, 4.69) is 10.6 Å². The Bertz CT molecular complexity index is 988. The Morgan fingerprint density at radius 2 is 1.76 bits per heavy atom. The van der Waals surface area contributed by atoms with Gasteiger partial charge in [-0.2, -0.15) is 0 Å². The second kappa shape index (κ2) is 10.5. The van der Waals surface area contributed by atoms with E-state index in [0.717, 1.165) is 4.88 Å². The van der Waals surface area contributed by atoms with E-state index in [1.165, 1.54) is 11.3 Å².